The number of benzene rings is 1. The maximum atomic E-state index is 10.8. The SMILES string of the molecule is CC(NCCNS(C)(=O)=O)c1cc(O)cc(O)c1. The summed E-state index contributed by atoms with van der Waals surface area (Å²) in [7, 11) is -3.17. The van der Waals surface area contributed by atoms with Crippen LogP contribution in [0.1, 0.15) is 18.5 Å². The van der Waals surface area contributed by atoms with Crippen LogP contribution < -0.4 is 10.0 Å². The number of aromatic hydroxyl groups is 2. The van der Waals surface area contributed by atoms with E-state index in [0.717, 1.165) is 11.8 Å². The Kier molecular flexibility index (Phi) is 4.94. The van der Waals surface area contributed by atoms with E-state index in [1.165, 1.54) is 6.07 Å². The van der Waals surface area contributed by atoms with Crippen LogP contribution in [0, 0.1) is 0 Å². The molecule has 1 rings (SSSR count). The molecular weight excluding hydrogens is 256 g/mol. The smallest absolute Gasteiger partial charge is 0.208 e. The van der Waals surface area contributed by atoms with E-state index in [9.17, 15) is 18.6 Å². The second-order valence-electron chi connectivity index (χ2n) is 4.13. The van der Waals surface area contributed by atoms with Crippen molar-refractivity contribution < 1.29 is 18.6 Å². The van der Waals surface area contributed by atoms with Crippen molar-refractivity contribution >= 4 is 10.0 Å². The van der Waals surface area contributed by atoms with Gasteiger partial charge in [0.2, 0.25) is 10.0 Å². The highest BCUT2D eigenvalue weighted by Gasteiger charge is 2.07. The van der Waals surface area contributed by atoms with Crippen molar-refractivity contribution in [2.75, 3.05) is 19.3 Å². The molecule has 1 atom stereocenters. The third-order valence-corrected chi connectivity index (χ3v) is 3.09. The first kappa shape index (κ1) is 14.7. The lowest BCUT2D eigenvalue weighted by Gasteiger charge is -2.15. The molecule has 0 fully saturated rings. The van der Waals surface area contributed by atoms with Gasteiger partial charge in [0.1, 0.15) is 11.5 Å². The van der Waals surface area contributed by atoms with E-state index in [1.54, 1.807) is 12.1 Å². The van der Waals surface area contributed by atoms with Crippen LogP contribution in [0.2, 0.25) is 0 Å². The molecular formula is C11H18N2O4S. The van der Waals surface area contributed by atoms with E-state index in [2.05, 4.69) is 10.0 Å². The van der Waals surface area contributed by atoms with E-state index in [1.807, 2.05) is 6.92 Å². The molecule has 0 aliphatic heterocycles. The Morgan fingerprint density at radius 3 is 2.22 bits per heavy atom. The molecule has 0 aromatic heterocycles. The van der Waals surface area contributed by atoms with Crippen molar-refractivity contribution in [3.8, 4) is 11.5 Å². The van der Waals surface area contributed by atoms with Gasteiger partial charge in [-0.05, 0) is 24.6 Å². The zero-order valence-electron chi connectivity index (χ0n) is 10.3. The fourth-order valence-corrected chi connectivity index (χ4v) is 1.98. The van der Waals surface area contributed by atoms with Gasteiger partial charge in [-0.15, -0.1) is 0 Å². The zero-order valence-corrected chi connectivity index (χ0v) is 11.2. The lowest BCUT2D eigenvalue weighted by atomic mass is 10.1. The zero-order chi connectivity index (χ0) is 13.8. The number of hydrogen-bond acceptors (Lipinski definition) is 5. The molecule has 6 nitrogen and oxygen atoms in total. The highest BCUT2D eigenvalue weighted by atomic mass is 32.2. The van der Waals surface area contributed by atoms with Crippen molar-refractivity contribution in [3.05, 3.63) is 23.8 Å². The van der Waals surface area contributed by atoms with Crippen LogP contribution in [0.5, 0.6) is 11.5 Å². The molecule has 7 heteroatoms. The van der Waals surface area contributed by atoms with Gasteiger partial charge >= 0.3 is 0 Å². The van der Waals surface area contributed by atoms with Crippen LogP contribution in [0.15, 0.2) is 18.2 Å². The lowest BCUT2D eigenvalue weighted by Crippen LogP contribution is -2.32. The summed E-state index contributed by atoms with van der Waals surface area (Å²) >= 11 is 0. The molecule has 0 spiro atoms. The molecule has 1 unspecified atom stereocenters. The standard InChI is InChI=1S/C11H18N2O4S/c1-8(12-3-4-13-18(2,16)17)9-5-10(14)7-11(15)6-9/h5-8,12-15H,3-4H2,1-2H3. The molecule has 0 amide bonds. The van der Waals surface area contributed by atoms with Crippen LogP contribution >= 0.6 is 0 Å². The van der Waals surface area contributed by atoms with Crippen LogP contribution in [0.4, 0.5) is 0 Å². The Hall–Kier alpha value is -1.31. The van der Waals surface area contributed by atoms with E-state index in [4.69, 9.17) is 0 Å². The van der Waals surface area contributed by atoms with Gasteiger partial charge in [-0.2, -0.15) is 0 Å². The summed E-state index contributed by atoms with van der Waals surface area (Å²) < 4.78 is 24.0. The minimum atomic E-state index is -3.17. The number of nitrogens with one attached hydrogen (secondary N) is 2. The maximum absolute atomic E-state index is 10.8. The fraction of sp³-hybridized carbons (Fsp3) is 0.455. The van der Waals surface area contributed by atoms with Crippen LogP contribution in [-0.4, -0.2) is 38.0 Å². The molecule has 102 valence electrons. The lowest BCUT2D eigenvalue weighted by molar-refractivity contribution is 0.446. The Morgan fingerprint density at radius 1 is 1.17 bits per heavy atom. The number of phenols is 2. The fourth-order valence-electron chi connectivity index (χ4n) is 1.51. The molecule has 0 saturated carbocycles. The van der Waals surface area contributed by atoms with E-state index < -0.39 is 10.0 Å². The van der Waals surface area contributed by atoms with Gasteiger partial charge in [0.15, 0.2) is 0 Å². The molecule has 0 saturated heterocycles. The van der Waals surface area contributed by atoms with Crippen molar-refractivity contribution in [3.63, 3.8) is 0 Å². The van der Waals surface area contributed by atoms with Crippen molar-refractivity contribution in [2.24, 2.45) is 0 Å². The Balaban J connectivity index is 2.48. The van der Waals surface area contributed by atoms with Crippen LogP contribution in [-0.2, 0) is 10.0 Å². The highest BCUT2D eigenvalue weighted by molar-refractivity contribution is 7.88. The predicted molar refractivity (Wildman–Crippen MR) is 69.0 cm³/mol. The van der Waals surface area contributed by atoms with E-state index >= 15 is 0 Å². The molecule has 0 aliphatic rings. The summed E-state index contributed by atoms with van der Waals surface area (Å²) in [5.41, 5.74) is 0.729. The summed E-state index contributed by atoms with van der Waals surface area (Å²) in [6.07, 6.45) is 1.10. The summed E-state index contributed by atoms with van der Waals surface area (Å²) in [6, 6.07) is 4.23. The molecule has 0 bridgehead atoms. The third-order valence-electron chi connectivity index (χ3n) is 2.36. The van der Waals surface area contributed by atoms with Gasteiger partial charge in [-0.25, -0.2) is 13.1 Å². The molecule has 1 aromatic rings. The third kappa shape index (κ3) is 5.35. The van der Waals surface area contributed by atoms with E-state index in [-0.39, 0.29) is 24.1 Å². The normalized spacial score (nSPS) is 13.4. The summed E-state index contributed by atoms with van der Waals surface area (Å²) in [5, 5.41) is 21.8. The Bertz CT molecular complexity index is 482. The van der Waals surface area contributed by atoms with Crippen LogP contribution in [0.3, 0.4) is 0 Å². The van der Waals surface area contributed by atoms with E-state index in [0.29, 0.717) is 6.54 Å². The minimum Gasteiger partial charge on any atom is -0.508 e. The minimum absolute atomic E-state index is 0.00656. The monoisotopic (exact) mass is 274 g/mol. The molecule has 0 heterocycles. The first-order chi connectivity index (χ1) is 8.28. The molecule has 0 radical (unpaired) electrons. The Labute approximate surface area is 107 Å². The maximum Gasteiger partial charge on any atom is 0.208 e. The second kappa shape index (κ2) is 6.03. The van der Waals surface area contributed by atoms with Gasteiger partial charge in [0.05, 0.1) is 6.26 Å². The molecule has 1 aromatic carbocycles. The molecule has 0 aliphatic carbocycles. The van der Waals surface area contributed by atoms with Gasteiger partial charge in [-0.1, -0.05) is 0 Å². The van der Waals surface area contributed by atoms with Gasteiger partial charge in [0, 0.05) is 25.2 Å². The summed E-state index contributed by atoms with van der Waals surface area (Å²) in [6.45, 7) is 2.59. The van der Waals surface area contributed by atoms with Crippen molar-refractivity contribution in [1.82, 2.24) is 10.0 Å². The average Bonchev–Trinajstić information content (AvgIpc) is 2.21. The average molecular weight is 274 g/mol. The summed E-state index contributed by atoms with van der Waals surface area (Å²) in [5.74, 6) is -0.0131. The highest BCUT2D eigenvalue weighted by Crippen LogP contribution is 2.24. The number of phenolic OH excluding ortho intramolecular Hbond substituents is 2. The Morgan fingerprint density at radius 2 is 1.72 bits per heavy atom. The number of sulfonamides is 1. The van der Waals surface area contributed by atoms with Gasteiger partial charge < -0.3 is 15.5 Å². The van der Waals surface area contributed by atoms with Crippen molar-refractivity contribution in [1.29, 1.82) is 0 Å². The largest absolute Gasteiger partial charge is 0.508 e. The first-order valence-electron chi connectivity index (χ1n) is 5.49. The van der Waals surface area contributed by atoms with Gasteiger partial charge in [-0.3, -0.25) is 0 Å². The molecule has 4 N–H and O–H groups in total. The quantitative estimate of drug-likeness (QED) is 0.559. The number of hydrogen-bond donors (Lipinski definition) is 4. The molecule has 18 heavy (non-hydrogen) atoms. The van der Waals surface area contributed by atoms with Crippen LogP contribution in [0.25, 0.3) is 0 Å². The topological polar surface area (TPSA) is 98.7 Å². The summed E-state index contributed by atoms with van der Waals surface area (Å²) in [4.78, 5) is 0. The predicted octanol–water partition coefficient (Wildman–Crippen LogP) is 0.298. The van der Waals surface area contributed by atoms with Gasteiger partial charge in [0.25, 0.3) is 0 Å². The number of rotatable bonds is 6. The van der Waals surface area contributed by atoms with Crippen molar-refractivity contribution in [2.45, 2.75) is 13.0 Å². The first-order valence-corrected chi connectivity index (χ1v) is 7.38. The second-order valence-corrected chi connectivity index (χ2v) is 5.96.